The summed E-state index contributed by atoms with van der Waals surface area (Å²) in [6, 6.07) is 8.14. The van der Waals surface area contributed by atoms with E-state index in [1.165, 1.54) is 0 Å². The summed E-state index contributed by atoms with van der Waals surface area (Å²) < 4.78 is 6.82. The van der Waals surface area contributed by atoms with Crippen molar-refractivity contribution in [1.29, 1.82) is 0 Å². The van der Waals surface area contributed by atoms with Crippen molar-refractivity contribution in [3.8, 4) is 0 Å². The molecule has 1 saturated heterocycles. The average molecular weight is 341 g/mol. The van der Waals surface area contributed by atoms with Gasteiger partial charge in [-0.25, -0.2) is 9.97 Å². The van der Waals surface area contributed by atoms with Crippen LogP contribution >= 0.6 is 11.3 Å². The maximum absolute atomic E-state index is 13.0. The van der Waals surface area contributed by atoms with E-state index >= 15 is 0 Å². The van der Waals surface area contributed by atoms with Crippen molar-refractivity contribution in [3.63, 3.8) is 0 Å². The highest BCUT2D eigenvalue weighted by atomic mass is 32.1. The summed E-state index contributed by atoms with van der Waals surface area (Å²) in [5.41, 5.74) is 1.67. The SMILES string of the molecule is CCc1nc(C)c(C(=O)N2CCC[C@@H]2c2nc3ccccc3s2)o1. The molecular weight excluding hydrogens is 322 g/mol. The lowest BCUT2D eigenvalue weighted by Crippen LogP contribution is -2.30. The standard InChI is InChI=1S/C18H19N3O2S/c1-3-15-19-11(2)16(23-15)18(22)21-10-6-8-13(21)17-20-12-7-4-5-9-14(12)24-17/h4-5,7,9,13H,3,6,8,10H2,1-2H3/t13-/m1/s1. The minimum atomic E-state index is -0.0681. The number of aromatic nitrogens is 2. The van der Waals surface area contributed by atoms with Crippen LogP contribution in [-0.4, -0.2) is 27.3 Å². The van der Waals surface area contributed by atoms with Gasteiger partial charge in [-0.2, -0.15) is 0 Å². The molecule has 1 aliphatic heterocycles. The second-order valence-corrected chi connectivity index (χ2v) is 7.11. The molecule has 0 bridgehead atoms. The van der Waals surface area contributed by atoms with Crippen LogP contribution in [0.4, 0.5) is 0 Å². The first-order valence-electron chi connectivity index (χ1n) is 8.30. The number of oxazole rings is 1. The molecule has 5 nitrogen and oxygen atoms in total. The van der Waals surface area contributed by atoms with Gasteiger partial charge in [0, 0.05) is 13.0 Å². The van der Waals surface area contributed by atoms with Gasteiger partial charge in [0.15, 0.2) is 5.89 Å². The van der Waals surface area contributed by atoms with Crippen molar-refractivity contribution in [3.05, 3.63) is 46.6 Å². The van der Waals surface area contributed by atoms with Crippen LogP contribution in [0.1, 0.15) is 53.0 Å². The first kappa shape index (κ1) is 15.3. The minimum Gasteiger partial charge on any atom is -0.435 e. The highest BCUT2D eigenvalue weighted by Gasteiger charge is 2.35. The molecule has 0 aliphatic carbocycles. The summed E-state index contributed by atoms with van der Waals surface area (Å²) in [6.45, 7) is 4.54. The number of benzene rings is 1. The predicted octanol–water partition coefficient (Wildman–Crippen LogP) is 4.13. The van der Waals surface area contributed by atoms with Crippen molar-refractivity contribution in [2.45, 2.75) is 39.2 Å². The lowest BCUT2D eigenvalue weighted by atomic mass is 10.2. The highest BCUT2D eigenvalue weighted by molar-refractivity contribution is 7.18. The third-order valence-corrected chi connectivity index (χ3v) is 5.58. The number of carbonyl (C=O) groups is 1. The topological polar surface area (TPSA) is 59.2 Å². The van der Waals surface area contributed by atoms with E-state index in [1.807, 2.05) is 36.9 Å². The van der Waals surface area contributed by atoms with Gasteiger partial charge in [0.2, 0.25) is 5.76 Å². The van der Waals surface area contributed by atoms with Gasteiger partial charge < -0.3 is 9.32 Å². The Kier molecular flexibility index (Phi) is 3.84. The summed E-state index contributed by atoms with van der Waals surface area (Å²) in [6.07, 6.45) is 2.62. The number of hydrogen-bond acceptors (Lipinski definition) is 5. The number of likely N-dealkylation sites (tertiary alicyclic amines) is 1. The van der Waals surface area contributed by atoms with Crippen molar-refractivity contribution in [2.24, 2.45) is 0 Å². The van der Waals surface area contributed by atoms with Crippen LogP contribution in [0.15, 0.2) is 28.7 Å². The van der Waals surface area contributed by atoms with Gasteiger partial charge in [-0.1, -0.05) is 19.1 Å². The molecule has 3 aromatic rings. The number of fused-ring (bicyclic) bond motifs is 1. The molecule has 1 fully saturated rings. The summed E-state index contributed by atoms with van der Waals surface area (Å²) >= 11 is 1.67. The van der Waals surface area contributed by atoms with E-state index in [2.05, 4.69) is 11.1 Å². The second kappa shape index (κ2) is 6.02. The van der Waals surface area contributed by atoms with Gasteiger partial charge >= 0.3 is 0 Å². The van der Waals surface area contributed by atoms with E-state index < -0.39 is 0 Å². The Balaban J connectivity index is 1.66. The lowest BCUT2D eigenvalue weighted by Gasteiger charge is -2.22. The van der Waals surface area contributed by atoms with Crippen LogP contribution in [0.5, 0.6) is 0 Å². The molecule has 0 unspecified atom stereocenters. The Morgan fingerprint density at radius 2 is 2.21 bits per heavy atom. The molecule has 0 spiro atoms. The number of hydrogen-bond donors (Lipinski definition) is 0. The Morgan fingerprint density at radius 1 is 1.38 bits per heavy atom. The number of para-hydroxylation sites is 1. The Morgan fingerprint density at radius 3 is 2.96 bits per heavy atom. The number of thiazole rings is 1. The number of amides is 1. The van der Waals surface area contributed by atoms with Crippen LogP contribution in [0.3, 0.4) is 0 Å². The van der Waals surface area contributed by atoms with E-state index in [-0.39, 0.29) is 11.9 Å². The summed E-state index contributed by atoms with van der Waals surface area (Å²) in [5, 5.41) is 1.01. The van der Waals surface area contributed by atoms with Crippen molar-refractivity contribution in [1.82, 2.24) is 14.9 Å². The van der Waals surface area contributed by atoms with Gasteiger partial charge in [-0.3, -0.25) is 4.79 Å². The average Bonchev–Trinajstić information content (AvgIpc) is 3.30. The minimum absolute atomic E-state index is 0.0319. The van der Waals surface area contributed by atoms with Crippen molar-refractivity contribution in [2.75, 3.05) is 6.54 Å². The Hall–Kier alpha value is -2.21. The van der Waals surface area contributed by atoms with Crippen LogP contribution in [-0.2, 0) is 6.42 Å². The molecule has 3 heterocycles. The second-order valence-electron chi connectivity index (χ2n) is 6.05. The molecule has 2 aromatic heterocycles. The van der Waals surface area contributed by atoms with E-state index in [0.29, 0.717) is 23.8 Å². The van der Waals surface area contributed by atoms with Gasteiger partial charge in [-0.15, -0.1) is 11.3 Å². The smallest absolute Gasteiger partial charge is 0.292 e. The molecule has 0 radical (unpaired) electrons. The van der Waals surface area contributed by atoms with Crippen LogP contribution in [0.25, 0.3) is 10.2 Å². The molecule has 1 aromatic carbocycles. The molecule has 1 amide bonds. The fraction of sp³-hybridized carbons (Fsp3) is 0.389. The normalized spacial score (nSPS) is 17.8. The molecule has 1 atom stereocenters. The predicted molar refractivity (Wildman–Crippen MR) is 93.2 cm³/mol. The zero-order valence-corrected chi connectivity index (χ0v) is 14.6. The lowest BCUT2D eigenvalue weighted by molar-refractivity contribution is 0.0700. The van der Waals surface area contributed by atoms with Gasteiger partial charge in [-0.05, 0) is 31.9 Å². The van der Waals surface area contributed by atoms with Gasteiger partial charge in [0.05, 0.1) is 22.0 Å². The quantitative estimate of drug-likeness (QED) is 0.718. The zero-order chi connectivity index (χ0) is 16.7. The first-order valence-corrected chi connectivity index (χ1v) is 9.11. The Labute approximate surface area is 144 Å². The third-order valence-electron chi connectivity index (χ3n) is 4.45. The maximum Gasteiger partial charge on any atom is 0.292 e. The molecule has 0 N–H and O–H groups in total. The first-order chi connectivity index (χ1) is 11.7. The van der Waals surface area contributed by atoms with E-state index in [4.69, 9.17) is 9.40 Å². The van der Waals surface area contributed by atoms with Crippen molar-refractivity contribution < 1.29 is 9.21 Å². The van der Waals surface area contributed by atoms with E-state index in [9.17, 15) is 4.79 Å². The molecule has 24 heavy (non-hydrogen) atoms. The van der Waals surface area contributed by atoms with Crippen molar-refractivity contribution >= 4 is 27.5 Å². The van der Waals surface area contributed by atoms with Crippen LogP contribution < -0.4 is 0 Å². The molecule has 0 saturated carbocycles. The number of aryl methyl sites for hydroxylation is 2. The van der Waals surface area contributed by atoms with E-state index in [1.54, 1.807) is 11.3 Å². The summed E-state index contributed by atoms with van der Waals surface area (Å²) in [5.74, 6) is 0.924. The molecular formula is C18H19N3O2S. The number of nitrogens with zero attached hydrogens (tertiary/aromatic N) is 3. The van der Waals surface area contributed by atoms with Crippen LogP contribution in [0, 0.1) is 6.92 Å². The van der Waals surface area contributed by atoms with Crippen LogP contribution in [0.2, 0.25) is 0 Å². The van der Waals surface area contributed by atoms with Gasteiger partial charge in [0.1, 0.15) is 5.01 Å². The largest absolute Gasteiger partial charge is 0.435 e. The zero-order valence-electron chi connectivity index (χ0n) is 13.8. The number of carbonyl (C=O) groups excluding carboxylic acids is 1. The molecule has 124 valence electrons. The third kappa shape index (κ3) is 2.51. The number of rotatable bonds is 3. The maximum atomic E-state index is 13.0. The highest BCUT2D eigenvalue weighted by Crippen LogP contribution is 2.37. The van der Waals surface area contributed by atoms with Gasteiger partial charge in [0.25, 0.3) is 5.91 Å². The molecule has 1 aliphatic rings. The molecule has 6 heteroatoms. The monoisotopic (exact) mass is 341 g/mol. The molecule has 4 rings (SSSR count). The van der Waals surface area contributed by atoms with E-state index in [0.717, 1.165) is 34.6 Å². The summed E-state index contributed by atoms with van der Waals surface area (Å²) in [7, 11) is 0. The summed E-state index contributed by atoms with van der Waals surface area (Å²) in [4.78, 5) is 23.9. The Bertz CT molecular complexity index is 866. The fourth-order valence-corrected chi connectivity index (χ4v) is 4.35. The fourth-order valence-electron chi connectivity index (χ4n) is 3.23.